The van der Waals surface area contributed by atoms with Gasteiger partial charge in [0, 0.05) is 23.8 Å². The maximum absolute atomic E-state index is 2.35. The van der Waals surface area contributed by atoms with Crippen LogP contribution in [0, 0.1) is 20.8 Å². The molecule has 0 unspecified atom stereocenters. The van der Waals surface area contributed by atoms with Crippen LogP contribution in [-0.4, -0.2) is 6.17 Å². The number of benzene rings is 2. The van der Waals surface area contributed by atoms with Crippen molar-refractivity contribution in [2.75, 3.05) is 9.80 Å². The van der Waals surface area contributed by atoms with Crippen molar-refractivity contribution in [2.24, 2.45) is 0 Å². The fraction of sp³-hybridized carbons (Fsp3) is 0.263. The number of anilines is 2. The zero-order valence-corrected chi connectivity index (χ0v) is 13.2. The second kappa shape index (κ2) is 5.28. The summed E-state index contributed by atoms with van der Waals surface area (Å²) in [4.78, 5) is 4.65. The van der Waals surface area contributed by atoms with Gasteiger partial charge >= 0.3 is 0 Å². The van der Waals surface area contributed by atoms with E-state index in [-0.39, 0.29) is 6.17 Å². The molecule has 1 atom stereocenters. The van der Waals surface area contributed by atoms with Gasteiger partial charge in [-0.25, -0.2) is 0 Å². The van der Waals surface area contributed by atoms with Gasteiger partial charge < -0.3 is 9.80 Å². The Labute approximate surface area is 127 Å². The van der Waals surface area contributed by atoms with Crippen molar-refractivity contribution in [3.8, 4) is 0 Å². The minimum atomic E-state index is 0.285. The lowest BCUT2D eigenvalue weighted by atomic mass is 10.0. The number of para-hydroxylation sites is 1. The summed E-state index contributed by atoms with van der Waals surface area (Å²) in [5.74, 6) is 0. The summed E-state index contributed by atoms with van der Waals surface area (Å²) in [7, 11) is 0. The second-order valence-electron chi connectivity index (χ2n) is 5.81. The molecule has 0 saturated heterocycles. The van der Waals surface area contributed by atoms with Gasteiger partial charge in [0.05, 0.1) is 0 Å². The van der Waals surface area contributed by atoms with Crippen molar-refractivity contribution < 1.29 is 0 Å². The molecule has 2 nitrogen and oxygen atoms in total. The molecule has 3 rings (SSSR count). The fourth-order valence-corrected chi connectivity index (χ4v) is 3.00. The summed E-state index contributed by atoms with van der Waals surface area (Å²) in [5.41, 5.74) is 6.54. The Balaban J connectivity index is 1.95. The highest BCUT2D eigenvalue weighted by molar-refractivity contribution is 5.65. The molecule has 2 aromatic carbocycles. The standard InChI is InChI=1S/C19H22N2/c1-14-12-15(2)16(3)19(13-14)21-11-10-20(17(21)4)18-8-6-5-7-9-18/h5-13,17H,1-4H3/t17-/m0/s1. The monoisotopic (exact) mass is 278 g/mol. The quantitative estimate of drug-likeness (QED) is 0.781. The molecule has 0 radical (unpaired) electrons. The lowest BCUT2D eigenvalue weighted by Gasteiger charge is -2.31. The zero-order valence-electron chi connectivity index (χ0n) is 13.2. The molecule has 1 aliphatic rings. The molecule has 108 valence electrons. The van der Waals surface area contributed by atoms with Crippen LogP contribution in [0.2, 0.25) is 0 Å². The predicted octanol–water partition coefficient (Wildman–Crippen LogP) is 4.76. The number of aryl methyl sites for hydroxylation is 2. The molecular weight excluding hydrogens is 256 g/mol. The van der Waals surface area contributed by atoms with Gasteiger partial charge in [-0.3, -0.25) is 0 Å². The van der Waals surface area contributed by atoms with Crippen molar-refractivity contribution >= 4 is 11.4 Å². The van der Waals surface area contributed by atoms with Crippen LogP contribution in [0.3, 0.4) is 0 Å². The molecule has 0 saturated carbocycles. The van der Waals surface area contributed by atoms with Crippen LogP contribution in [0.1, 0.15) is 23.6 Å². The van der Waals surface area contributed by atoms with Crippen molar-refractivity contribution in [3.63, 3.8) is 0 Å². The van der Waals surface area contributed by atoms with E-state index in [1.54, 1.807) is 0 Å². The van der Waals surface area contributed by atoms with E-state index in [4.69, 9.17) is 0 Å². The molecule has 0 fully saturated rings. The largest absolute Gasteiger partial charge is 0.326 e. The Kier molecular flexibility index (Phi) is 3.46. The molecule has 0 bridgehead atoms. The summed E-state index contributed by atoms with van der Waals surface area (Å²) >= 11 is 0. The van der Waals surface area contributed by atoms with Gasteiger partial charge in [0.2, 0.25) is 0 Å². The van der Waals surface area contributed by atoms with Gasteiger partial charge in [0.1, 0.15) is 6.17 Å². The zero-order chi connectivity index (χ0) is 15.0. The first kappa shape index (κ1) is 13.7. The van der Waals surface area contributed by atoms with E-state index in [1.807, 2.05) is 0 Å². The molecule has 1 heterocycles. The van der Waals surface area contributed by atoms with Crippen LogP contribution in [-0.2, 0) is 0 Å². The highest BCUT2D eigenvalue weighted by Gasteiger charge is 2.25. The Bertz CT molecular complexity index is 673. The molecule has 0 aliphatic carbocycles. The van der Waals surface area contributed by atoms with Crippen molar-refractivity contribution in [1.82, 2.24) is 0 Å². The smallest absolute Gasteiger partial charge is 0.107 e. The van der Waals surface area contributed by atoms with Crippen LogP contribution in [0.15, 0.2) is 54.9 Å². The second-order valence-corrected chi connectivity index (χ2v) is 5.81. The van der Waals surface area contributed by atoms with Crippen LogP contribution >= 0.6 is 0 Å². The lowest BCUT2D eigenvalue weighted by molar-refractivity contribution is 0.747. The summed E-state index contributed by atoms with van der Waals surface area (Å²) in [5, 5.41) is 0. The molecular formula is C19H22N2. The summed E-state index contributed by atoms with van der Waals surface area (Å²) in [6.45, 7) is 8.79. The molecule has 0 aromatic heterocycles. The van der Waals surface area contributed by atoms with E-state index >= 15 is 0 Å². The minimum absolute atomic E-state index is 0.285. The summed E-state index contributed by atoms with van der Waals surface area (Å²) < 4.78 is 0. The van der Waals surface area contributed by atoms with Gasteiger partial charge in [-0.05, 0) is 62.6 Å². The van der Waals surface area contributed by atoms with Crippen molar-refractivity contribution in [1.29, 1.82) is 0 Å². The van der Waals surface area contributed by atoms with E-state index in [1.165, 1.54) is 28.1 Å². The molecule has 0 amide bonds. The Morgan fingerprint density at radius 3 is 2.24 bits per heavy atom. The van der Waals surface area contributed by atoms with Gasteiger partial charge in [0.15, 0.2) is 0 Å². The highest BCUT2D eigenvalue weighted by atomic mass is 15.4. The van der Waals surface area contributed by atoms with Gasteiger partial charge in [0.25, 0.3) is 0 Å². The Hall–Kier alpha value is -2.22. The van der Waals surface area contributed by atoms with Crippen molar-refractivity contribution in [3.05, 3.63) is 71.6 Å². The fourth-order valence-electron chi connectivity index (χ4n) is 3.00. The van der Waals surface area contributed by atoms with Gasteiger partial charge in [-0.15, -0.1) is 0 Å². The number of nitrogens with zero attached hydrogens (tertiary/aromatic N) is 2. The molecule has 21 heavy (non-hydrogen) atoms. The van der Waals surface area contributed by atoms with Gasteiger partial charge in [-0.2, -0.15) is 0 Å². The first-order valence-corrected chi connectivity index (χ1v) is 7.46. The highest BCUT2D eigenvalue weighted by Crippen LogP contribution is 2.32. The summed E-state index contributed by atoms with van der Waals surface area (Å²) in [6.07, 6.45) is 4.63. The normalized spacial score (nSPS) is 17.6. The van der Waals surface area contributed by atoms with E-state index in [2.05, 4.69) is 92.4 Å². The van der Waals surface area contributed by atoms with Crippen LogP contribution < -0.4 is 9.80 Å². The van der Waals surface area contributed by atoms with Crippen LogP contribution in [0.4, 0.5) is 11.4 Å². The molecule has 1 aliphatic heterocycles. The number of hydrogen-bond donors (Lipinski definition) is 0. The Morgan fingerprint density at radius 2 is 1.52 bits per heavy atom. The average molecular weight is 278 g/mol. The topological polar surface area (TPSA) is 6.48 Å². The third-order valence-electron chi connectivity index (χ3n) is 4.31. The predicted molar refractivity (Wildman–Crippen MR) is 90.7 cm³/mol. The van der Waals surface area contributed by atoms with Crippen LogP contribution in [0.5, 0.6) is 0 Å². The number of rotatable bonds is 2. The number of hydrogen-bond acceptors (Lipinski definition) is 2. The Morgan fingerprint density at radius 1 is 0.857 bits per heavy atom. The van der Waals surface area contributed by atoms with Crippen LogP contribution in [0.25, 0.3) is 0 Å². The lowest BCUT2D eigenvalue weighted by Crippen LogP contribution is -2.36. The first-order chi connectivity index (χ1) is 10.1. The summed E-state index contributed by atoms with van der Waals surface area (Å²) in [6, 6.07) is 15.0. The van der Waals surface area contributed by atoms with Gasteiger partial charge in [-0.1, -0.05) is 24.3 Å². The SMILES string of the molecule is Cc1cc(C)c(C)c(N2C=CN(c3ccccc3)[C@@H]2C)c1. The third kappa shape index (κ3) is 2.42. The maximum atomic E-state index is 2.35. The molecule has 0 N–H and O–H groups in total. The van der Waals surface area contributed by atoms with E-state index in [0.29, 0.717) is 0 Å². The molecule has 2 aromatic rings. The molecule has 2 heteroatoms. The van der Waals surface area contributed by atoms with E-state index in [0.717, 1.165) is 0 Å². The first-order valence-electron chi connectivity index (χ1n) is 7.46. The van der Waals surface area contributed by atoms with E-state index in [9.17, 15) is 0 Å². The average Bonchev–Trinajstić information content (AvgIpc) is 2.85. The molecule has 0 spiro atoms. The van der Waals surface area contributed by atoms with Crippen molar-refractivity contribution in [2.45, 2.75) is 33.9 Å². The maximum Gasteiger partial charge on any atom is 0.107 e. The third-order valence-corrected chi connectivity index (χ3v) is 4.31. The van der Waals surface area contributed by atoms with E-state index < -0.39 is 0 Å². The minimum Gasteiger partial charge on any atom is -0.326 e.